The fourth-order valence-corrected chi connectivity index (χ4v) is 7.16. The van der Waals surface area contributed by atoms with Gasteiger partial charge >= 0.3 is 0 Å². The molecular weight excluding hydrogens is 304 g/mol. The van der Waals surface area contributed by atoms with Gasteiger partial charge < -0.3 is 9.84 Å². The SMILES string of the molecule is C=C1C=C2C[C@@]3(C(=O)CC4C([C@H](O)OC)(CCC5C[C@]54C)C23)C1=O. The van der Waals surface area contributed by atoms with Crippen LogP contribution >= 0.6 is 0 Å². The van der Waals surface area contributed by atoms with Crippen LogP contribution in [0.2, 0.25) is 0 Å². The van der Waals surface area contributed by atoms with Gasteiger partial charge in [0.1, 0.15) is 11.2 Å². The van der Waals surface area contributed by atoms with Gasteiger partial charge in [0, 0.05) is 30.4 Å². The molecule has 0 aromatic carbocycles. The number of fused-ring (bicyclic) bond motifs is 5. The Morgan fingerprint density at radius 2 is 2.17 bits per heavy atom. The minimum absolute atomic E-state index is 0.0770. The molecule has 6 rings (SSSR count). The van der Waals surface area contributed by atoms with Crippen LogP contribution in [0, 0.1) is 34.0 Å². The Balaban J connectivity index is 1.73. The summed E-state index contributed by atoms with van der Waals surface area (Å²) in [4.78, 5) is 26.1. The first-order valence-corrected chi connectivity index (χ1v) is 9.00. The lowest BCUT2D eigenvalue weighted by molar-refractivity contribution is -0.253. The third-order valence-corrected chi connectivity index (χ3v) is 8.34. The van der Waals surface area contributed by atoms with E-state index in [0.29, 0.717) is 24.3 Å². The van der Waals surface area contributed by atoms with Crippen molar-refractivity contribution in [2.24, 2.45) is 34.0 Å². The molecular formula is C20H24O4. The van der Waals surface area contributed by atoms with Gasteiger partial charge in [-0.1, -0.05) is 25.2 Å². The van der Waals surface area contributed by atoms with Crippen LogP contribution in [0.5, 0.6) is 0 Å². The monoisotopic (exact) mass is 328 g/mol. The highest BCUT2D eigenvalue weighted by atomic mass is 16.6. The van der Waals surface area contributed by atoms with Gasteiger partial charge in [-0.05, 0) is 42.9 Å². The van der Waals surface area contributed by atoms with E-state index >= 15 is 0 Å². The predicted octanol–water partition coefficient (Wildman–Crippen LogP) is 2.42. The summed E-state index contributed by atoms with van der Waals surface area (Å²) in [6.45, 7) is 6.11. The zero-order chi connectivity index (χ0) is 17.1. The van der Waals surface area contributed by atoms with E-state index in [4.69, 9.17) is 4.74 Å². The lowest BCUT2D eigenvalue weighted by Crippen LogP contribution is -2.71. The number of ketones is 2. The van der Waals surface area contributed by atoms with Crippen molar-refractivity contribution in [1.82, 2.24) is 0 Å². The molecule has 6 aliphatic rings. The molecule has 1 N–H and O–H groups in total. The maximum Gasteiger partial charge on any atom is 0.176 e. The van der Waals surface area contributed by atoms with Crippen molar-refractivity contribution in [1.29, 1.82) is 0 Å². The minimum Gasteiger partial charge on any atom is -0.367 e. The molecule has 1 spiro atoms. The molecule has 7 atom stereocenters. The Labute approximate surface area is 141 Å². The van der Waals surface area contributed by atoms with Gasteiger partial charge in [-0.25, -0.2) is 0 Å². The molecule has 24 heavy (non-hydrogen) atoms. The van der Waals surface area contributed by atoms with Crippen molar-refractivity contribution in [3.63, 3.8) is 0 Å². The quantitative estimate of drug-likeness (QED) is 0.480. The molecule has 0 saturated heterocycles. The van der Waals surface area contributed by atoms with Crippen LogP contribution in [0.25, 0.3) is 0 Å². The van der Waals surface area contributed by atoms with Crippen molar-refractivity contribution in [2.45, 2.75) is 45.3 Å². The average Bonchev–Trinajstić information content (AvgIpc) is 3.22. The van der Waals surface area contributed by atoms with Crippen LogP contribution in [0.4, 0.5) is 0 Å². The number of methoxy groups -OCH3 is 1. The maximum absolute atomic E-state index is 13.1. The van der Waals surface area contributed by atoms with Gasteiger partial charge in [-0.2, -0.15) is 0 Å². The van der Waals surface area contributed by atoms with E-state index in [0.717, 1.165) is 24.8 Å². The molecule has 4 unspecified atom stereocenters. The largest absolute Gasteiger partial charge is 0.367 e. The highest BCUT2D eigenvalue weighted by molar-refractivity contribution is 6.19. The number of carbonyl (C=O) groups is 2. The van der Waals surface area contributed by atoms with Crippen LogP contribution in [-0.2, 0) is 14.3 Å². The first-order chi connectivity index (χ1) is 11.3. The Bertz CT molecular complexity index is 736. The van der Waals surface area contributed by atoms with Crippen LogP contribution in [0.3, 0.4) is 0 Å². The van der Waals surface area contributed by atoms with Crippen LogP contribution < -0.4 is 0 Å². The number of hydrogen-bond acceptors (Lipinski definition) is 4. The van der Waals surface area contributed by atoms with E-state index in [2.05, 4.69) is 13.5 Å². The van der Waals surface area contributed by atoms with Gasteiger partial charge in [0.2, 0.25) is 0 Å². The summed E-state index contributed by atoms with van der Waals surface area (Å²) in [5.74, 6) is 0.528. The van der Waals surface area contributed by atoms with Gasteiger partial charge in [0.05, 0.1) is 0 Å². The zero-order valence-electron chi connectivity index (χ0n) is 14.3. The van der Waals surface area contributed by atoms with E-state index in [-0.39, 0.29) is 28.8 Å². The van der Waals surface area contributed by atoms with Gasteiger partial charge in [0.25, 0.3) is 0 Å². The standard InChI is InChI=1S/C20H24O4/c1-10-6-11-8-20(16(10)22)14(21)7-13-18(2)9-12(18)4-5-19(13,15(11)20)17(23)24-3/h6,12-13,15,17,23H,1,4-5,7-9H2,2-3H3/t12?,13?,15?,17-,18-,19?,20+/m1/s1. The summed E-state index contributed by atoms with van der Waals surface area (Å²) in [6, 6.07) is 0. The number of ether oxygens (including phenoxy) is 1. The molecule has 0 aliphatic heterocycles. The second-order valence-electron chi connectivity index (χ2n) is 8.98. The minimum atomic E-state index is -0.963. The van der Waals surface area contributed by atoms with E-state index in [1.165, 1.54) is 7.11 Å². The van der Waals surface area contributed by atoms with E-state index in [9.17, 15) is 14.7 Å². The maximum atomic E-state index is 13.1. The second kappa shape index (κ2) is 4.10. The Morgan fingerprint density at radius 1 is 1.42 bits per heavy atom. The lowest BCUT2D eigenvalue weighted by atomic mass is 9.34. The first-order valence-electron chi connectivity index (χ1n) is 9.00. The predicted molar refractivity (Wildman–Crippen MR) is 86.8 cm³/mol. The number of rotatable bonds is 2. The van der Waals surface area contributed by atoms with Crippen LogP contribution in [0.15, 0.2) is 23.8 Å². The van der Waals surface area contributed by atoms with Gasteiger partial charge in [-0.15, -0.1) is 0 Å². The summed E-state index contributed by atoms with van der Waals surface area (Å²) < 4.78 is 5.46. The molecule has 0 heterocycles. The van der Waals surface area contributed by atoms with E-state index < -0.39 is 17.1 Å². The molecule has 6 aliphatic carbocycles. The highest BCUT2D eigenvalue weighted by Crippen LogP contribution is 2.79. The first kappa shape index (κ1) is 15.0. The van der Waals surface area contributed by atoms with E-state index in [1.807, 2.05) is 6.08 Å². The Hall–Kier alpha value is -1.26. The van der Waals surface area contributed by atoms with Gasteiger partial charge in [-0.3, -0.25) is 9.59 Å². The van der Waals surface area contributed by atoms with Crippen molar-refractivity contribution < 1.29 is 19.4 Å². The summed E-state index contributed by atoms with van der Waals surface area (Å²) >= 11 is 0. The molecule has 4 fully saturated rings. The fraction of sp³-hybridized carbons (Fsp3) is 0.700. The fourth-order valence-electron chi connectivity index (χ4n) is 7.16. The van der Waals surface area contributed by atoms with Crippen LogP contribution in [0.1, 0.15) is 39.0 Å². The molecule has 0 aromatic heterocycles. The molecule has 2 bridgehead atoms. The second-order valence-corrected chi connectivity index (χ2v) is 8.98. The number of hydrogen-bond donors (Lipinski definition) is 1. The zero-order valence-corrected chi connectivity index (χ0v) is 14.3. The molecule has 128 valence electrons. The molecule has 4 saturated carbocycles. The third kappa shape index (κ3) is 1.30. The Morgan fingerprint density at radius 3 is 2.88 bits per heavy atom. The normalized spacial score (nSPS) is 52.5. The van der Waals surface area contributed by atoms with Crippen molar-refractivity contribution in [3.05, 3.63) is 23.8 Å². The van der Waals surface area contributed by atoms with Crippen molar-refractivity contribution in [3.8, 4) is 0 Å². The molecule has 0 amide bonds. The Kier molecular flexibility index (Phi) is 2.57. The number of allylic oxidation sites excluding steroid dienone is 3. The number of aliphatic hydroxyl groups excluding tert-OH is 1. The average molecular weight is 328 g/mol. The van der Waals surface area contributed by atoms with Crippen molar-refractivity contribution >= 4 is 11.6 Å². The number of aliphatic hydroxyl groups is 1. The van der Waals surface area contributed by atoms with Crippen LogP contribution in [-0.4, -0.2) is 30.1 Å². The summed E-state index contributed by atoms with van der Waals surface area (Å²) in [5.41, 5.74) is 0.212. The summed E-state index contributed by atoms with van der Waals surface area (Å²) in [5, 5.41) is 10.9. The topological polar surface area (TPSA) is 63.6 Å². The number of carbonyl (C=O) groups excluding carboxylic acids is 2. The third-order valence-electron chi connectivity index (χ3n) is 8.34. The molecule has 0 aromatic rings. The summed E-state index contributed by atoms with van der Waals surface area (Å²) in [7, 11) is 1.53. The van der Waals surface area contributed by atoms with E-state index in [1.54, 1.807) is 0 Å². The lowest BCUT2D eigenvalue weighted by Gasteiger charge is -2.68. The molecule has 0 radical (unpaired) electrons. The molecule has 4 nitrogen and oxygen atoms in total. The molecule has 4 heteroatoms. The smallest absolute Gasteiger partial charge is 0.176 e. The number of Topliss-reactive ketones (excluding diaryl/α,β-unsaturated/α-hetero) is 2. The highest BCUT2D eigenvalue weighted by Gasteiger charge is 2.79. The van der Waals surface area contributed by atoms with Gasteiger partial charge in [0.15, 0.2) is 12.1 Å². The summed E-state index contributed by atoms with van der Waals surface area (Å²) in [6.07, 6.45) is 4.88. The van der Waals surface area contributed by atoms with Crippen molar-refractivity contribution in [2.75, 3.05) is 7.11 Å².